The third-order valence-electron chi connectivity index (χ3n) is 2.53. The van der Waals surface area contributed by atoms with Crippen LogP contribution in [0.4, 0.5) is 14.5 Å². The molecule has 2 aromatic rings. The van der Waals surface area contributed by atoms with Crippen molar-refractivity contribution >= 4 is 11.6 Å². The van der Waals surface area contributed by atoms with Gasteiger partial charge in [-0.15, -0.1) is 0 Å². The zero-order valence-electron chi connectivity index (χ0n) is 10.4. The van der Waals surface area contributed by atoms with E-state index in [4.69, 9.17) is 4.74 Å². The Bertz CT molecular complexity index is 662. The van der Waals surface area contributed by atoms with E-state index in [1.165, 1.54) is 25.3 Å². The van der Waals surface area contributed by atoms with Gasteiger partial charge in [-0.3, -0.25) is 4.79 Å². The number of benzene rings is 1. The van der Waals surface area contributed by atoms with Crippen LogP contribution in [-0.2, 0) is 0 Å². The lowest BCUT2D eigenvalue weighted by molar-refractivity contribution is 0.102. The van der Waals surface area contributed by atoms with Crippen LogP contribution in [0.15, 0.2) is 30.5 Å². The lowest BCUT2D eigenvalue weighted by atomic mass is 10.2. The number of nitrogens with one attached hydrogen (secondary N) is 1. The van der Waals surface area contributed by atoms with Crippen molar-refractivity contribution in [2.75, 3.05) is 12.4 Å². The molecule has 0 saturated heterocycles. The number of hydrogen-bond donors (Lipinski definition) is 2. The number of nitrogens with zero attached hydrogens (tertiary/aromatic N) is 1. The fourth-order valence-corrected chi connectivity index (χ4v) is 1.56. The fraction of sp³-hybridized carbons (Fsp3) is 0.0769. The van der Waals surface area contributed by atoms with Crippen LogP contribution in [0.25, 0.3) is 0 Å². The molecule has 0 aliphatic rings. The molecule has 0 atom stereocenters. The number of anilines is 1. The molecule has 7 heteroatoms. The number of hydrogen-bond acceptors (Lipinski definition) is 4. The van der Waals surface area contributed by atoms with E-state index < -0.39 is 23.2 Å². The summed E-state index contributed by atoms with van der Waals surface area (Å²) >= 11 is 0. The Hall–Kier alpha value is -2.70. The van der Waals surface area contributed by atoms with Gasteiger partial charge in [0.25, 0.3) is 5.91 Å². The van der Waals surface area contributed by atoms with Crippen LogP contribution in [0.5, 0.6) is 11.5 Å². The van der Waals surface area contributed by atoms with Crippen molar-refractivity contribution in [1.82, 2.24) is 4.98 Å². The maximum Gasteiger partial charge on any atom is 0.258 e. The van der Waals surface area contributed by atoms with Crippen molar-refractivity contribution in [2.24, 2.45) is 0 Å². The first-order valence-corrected chi connectivity index (χ1v) is 5.51. The Balaban J connectivity index is 2.24. The Morgan fingerprint density at radius 1 is 1.35 bits per heavy atom. The normalized spacial score (nSPS) is 10.2. The molecule has 2 N–H and O–H groups in total. The molecule has 1 heterocycles. The molecule has 2 rings (SSSR count). The molecule has 0 radical (unpaired) electrons. The van der Waals surface area contributed by atoms with Gasteiger partial charge in [0.15, 0.2) is 17.3 Å². The molecule has 0 bridgehead atoms. The number of halogens is 2. The second kappa shape index (κ2) is 5.52. The first kappa shape index (κ1) is 13.7. The maximum atomic E-state index is 13.4. The monoisotopic (exact) mass is 280 g/mol. The van der Waals surface area contributed by atoms with Crippen molar-refractivity contribution in [3.63, 3.8) is 0 Å². The van der Waals surface area contributed by atoms with Gasteiger partial charge < -0.3 is 15.2 Å². The molecule has 0 saturated carbocycles. The van der Waals surface area contributed by atoms with Crippen molar-refractivity contribution in [3.8, 4) is 11.5 Å². The van der Waals surface area contributed by atoms with Gasteiger partial charge in [-0.25, -0.2) is 9.37 Å². The summed E-state index contributed by atoms with van der Waals surface area (Å²) in [6, 6.07) is 5.16. The molecule has 0 spiro atoms. The highest BCUT2D eigenvalue weighted by atomic mass is 19.2. The van der Waals surface area contributed by atoms with Gasteiger partial charge in [0.1, 0.15) is 0 Å². The zero-order chi connectivity index (χ0) is 14.7. The van der Waals surface area contributed by atoms with E-state index in [-0.39, 0.29) is 17.2 Å². The molecular formula is C13H10F2N2O3. The lowest BCUT2D eigenvalue weighted by Gasteiger charge is -2.08. The van der Waals surface area contributed by atoms with Crippen LogP contribution < -0.4 is 10.1 Å². The van der Waals surface area contributed by atoms with Crippen molar-refractivity contribution in [3.05, 3.63) is 47.8 Å². The van der Waals surface area contributed by atoms with Crippen LogP contribution in [0.3, 0.4) is 0 Å². The number of aromatic nitrogens is 1. The molecule has 1 aromatic heterocycles. The highest BCUT2D eigenvalue weighted by Gasteiger charge is 2.16. The summed E-state index contributed by atoms with van der Waals surface area (Å²) in [5.74, 6) is -3.50. The second-order valence-electron chi connectivity index (χ2n) is 3.80. The van der Waals surface area contributed by atoms with Gasteiger partial charge in [-0.2, -0.15) is 4.39 Å². The molecule has 20 heavy (non-hydrogen) atoms. The maximum absolute atomic E-state index is 13.4. The van der Waals surface area contributed by atoms with E-state index in [0.717, 1.165) is 12.3 Å². The van der Waals surface area contributed by atoms with Crippen LogP contribution in [0.2, 0.25) is 0 Å². The van der Waals surface area contributed by atoms with E-state index in [9.17, 15) is 18.7 Å². The van der Waals surface area contributed by atoms with Crippen LogP contribution in [0.1, 0.15) is 10.4 Å². The summed E-state index contributed by atoms with van der Waals surface area (Å²) in [7, 11) is 1.38. The number of ether oxygens (including phenoxy) is 1. The molecule has 0 aliphatic carbocycles. The number of carbonyl (C=O) groups is 1. The van der Waals surface area contributed by atoms with Crippen molar-refractivity contribution in [1.29, 1.82) is 0 Å². The van der Waals surface area contributed by atoms with E-state index in [2.05, 4.69) is 10.3 Å². The van der Waals surface area contributed by atoms with Crippen molar-refractivity contribution in [2.45, 2.75) is 0 Å². The third kappa shape index (κ3) is 2.66. The first-order valence-electron chi connectivity index (χ1n) is 5.51. The SMILES string of the molecule is COc1ccc(NC(=O)c2ccnc(F)c2F)cc1O. The number of pyridine rings is 1. The van der Waals surface area contributed by atoms with Crippen LogP contribution in [-0.4, -0.2) is 23.1 Å². The Morgan fingerprint density at radius 2 is 2.10 bits per heavy atom. The quantitative estimate of drug-likeness (QED) is 0.846. The standard InChI is InChI=1S/C13H10F2N2O3/c1-20-10-3-2-7(6-9(10)18)17-13(19)8-4-5-16-12(15)11(8)14/h2-6,18H,1H3,(H,17,19). The van der Waals surface area contributed by atoms with Gasteiger partial charge in [0.05, 0.1) is 12.7 Å². The minimum atomic E-state index is -1.35. The smallest absolute Gasteiger partial charge is 0.258 e. The zero-order valence-corrected chi connectivity index (χ0v) is 10.4. The summed E-state index contributed by atoms with van der Waals surface area (Å²) in [5, 5.41) is 11.9. The number of carbonyl (C=O) groups excluding carboxylic acids is 1. The average molecular weight is 280 g/mol. The summed E-state index contributed by atoms with van der Waals surface area (Å²) < 4.78 is 31.1. The summed E-state index contributed by atoms with van der Waals surface area (Å²) in [6.07, 6.45) is 0.985. The molecule has 0 fully saturated rings. The number of rotatable bonds is 3. The molecule has 104 valence electrons. The Morgan fingerprint density at radius 3 is 2.75 bits per heavy atom. The molecule has 0 unspecified atom stereocenters. The molecule has 1 aromatic carbocycles. The minimum Gasteiger partial charge on any atom is -0.504 e. The predicted molar refractivity (Wildman–Crippen MR) is 66.8 cm³/mol. The molecule has 5 nitrogen and oxygen atoms in total. The van der Waals surface area contributed by atoms with Gasteiger partial charge >= 0.3 is 0 Å². The molecule has 0 aliphatic heterocycles. The summed E-state index contributed by atoms with van der Waals surface area (Å²) in [6.45, 7) is 0. The number of aromatic hydroxyl groups is 1. The number of methoxy groups -OCH3 is 1. The second-order valence-corrected chi connectivity index (χ2v) is 3.80. The van der Waals surface area contributed by atoms with Crippen molar-refractivity contribution < 1.29 is 23.4 Å². The third-order valence-corrected chi connectivity index (χ3v) is 2.53. The van der Waals surface area contributed by atoms with E-state index in [1.54, 1.807) is 0 Å². The van der Waals surface area contributed by atoms with Gasteiger partial charge in [-0.05, 0) is 18.2 Å². The largest absolute Gasteiger partial charge is 0.504 e. The number of phenols is 1. The van der Waals surface area contributed by atoms with E-state index in [0.29, 0.717) is 0 Å². The van der Waals surface area contributed by atoms with E-state index >= 15 is 0 Å². The lowest BCUT2D eigenvalue weighted by Crippen LogP contribution is -2.15. The van der Waals surface area contributed by atoms with Gasteiger partial charge in [0.2, 0.25) is 5.95 Å². The van der Waals surface area contributed by atoms with Crippen LogP contribution in [0, 0.1) is 11.8 Å². The number of phenolic OH excluding ortho intramolecular Hbond substituents is 1. The summed E-state index contributed by atoms with van der Waals surface area (Å²) in [4.78, 5) is 14.9. The van der Waals surface area contributed by atoms with Crippen LogP contribution >= 0.6 is 0 Å². The van der Waals surface area contributed by atoms with Gasteiger partial charge in [-0.1, -0.05) is 0 Å². The minimum absolute atomic E-state index is 0.188. The average Bonchev–Trinajstić information content (AvgIpc) is 2.42. The van der Waals surface area contributed by atoms with E-state index in [1.807, 2.05) is 0 Å². The Kier molecular flexibility index (Phi) is 3.79. The molecular weight excluding hydrogens is 270 g/mol. The Labute approximate surface area is 112 Å². The summed E-state index contributed by atoms with van der Waals surface area (Å²) in [5.41, 5.74) is -0.266. The topological polar surface area (TPSA) is 71.5 Å². The van der Waals surface area contributed by atoms with Gasteiger partial charge in [0, 0.05) is 18.0 Å². The fourth-order valence-electron chi connectivity index (χ4n) is 1.56. The highest BCUT2D eigenvalue weighted by Crippen LogP contribution is 2.28. The molecule has 1 amide bonds. The highest BCUT2D eigenvalue weighted by molar-refractivity contribution is 6.04. The number of amides is 1. The first-order chi connectivity index (χ1) is 9.52. The predicted octanol–water partition coefficient (Wildman–Crippen LogP) is 2.33.